The highest BCUT2D eigenvalue weighted by atomic mass is 16.5. The lowest BCUT2D eigenvalue weighted by molar-refractivity contribution is -0.115. The number of aromatic carboxylic acids is 1. The first kappa shape index (κ1) is 22.1. The van der Waals surface area contributed by atoms with Gasteiger partial charge in [0.15, 0.2) is 0 Å². The summed E-state index contributed by atoms with van der Waals surface area (Å²) in [6.45, 7) is 3.92. The molecule has 0 unspecified atom stereocenters. The number of piperazine rings is 1. The molecule has 1 aliphatic heterocycles. The molecule has 2 aromatic rings. The molecule has 0 radical (unpaired) electrons. The molecule has 1 amide bonds. The van der Waals surface area contributed by atoms with Gasteiger partial charge in [-0.3, -0.25) is 9.69 Å². The van der Waals surface area contributed by atoms with Gasteiger partial charge in [-0.05, 0) is 35.9 Å². The van der Waals surface area contributed by atoms with Crippen LogP contribution in [0.1, 0.15) is 22.3 Å². The Balaban J connectivity index is 1.65. The van der Waals surface area contributed by atoms with Crippen molar-refractivity contribution in [2.45, 2.75) is 12.8 Å². The van der Waals surface area contributed by atoms with Crippen molar-refractivity contribution in [1.82, 2.24) is 4.90 Å². The lowest BCUT2D eigenvalue weighted by atomic mass is 10.1. The SMILES string of the molecule is COc1ccc(CC(=O)Nc2ccc(N3CCN(CCC#N)CC3)cc2C(=O)O)cc1. The molecule has 3 rings (SSSR count). The Kier molecular flexibility index (Phi) is 7.46. The first-order valence-corrected chi connectivity index (χ1v) is 10.1. The molecular formula is C23H26N4O4. The fraction of sp³-hybridized carbons (Fsp3) is 0.348. The molecule has 31 heavy (non-hydrogen) atoms. The van der Waals surface area contributed by atoms with E-state index in [-0.39, 0.29) is 23.6 Å². The predicted molar refractivity (Wildman–Crippen MR) is 118 cm³/mol. The topological polar surface area (TPSA) is 106 Å². The van der Waals surface area contributed by atoms with Crippen LogP contribution in [0.5, 0.6) is 5.75 Å². The van der Waals surface area contributed by atoms with E-state index in [4.69, 9.17) is 10.00 Å². The van der Waals surface area contributed by atoms with E-state index in [2.05, 4.69) is 21.2 Å². The van der Waals surface area contributed by atoms with Crippen LogP contribution in [0.3, 0.4) is 0 Å². The van der Waals surface area contributed by atoms with Crippen molar-refractivity contribution in [3.8, 4) is 11.8 Å². The Morgan fingerprint density at radius 3 is 2.45 bits per heavy atom. The van der Waals surface area contributed by atoms with E-state index in [9.17, 15) is 14.7 Å². The Labute approximate surface area is 181 Å². The Morgan fingerprint density at radius 2 is 1.84 bits per heavy atom. The Hall–Kier alpha value is -3.57. The highest BCUT2D eigenvalue weighted by Crippen LogP contribution is 2.25. The summed E-state index contributed by atoms with van der Waals surface area (Å²) in [5.41, 5.74) is 1.96. The molecule has 162 valence electrons. The first-order chi connectivity index (χ1) is 15.0. The van der Waals surface area contributed by atoms with Crippen LogP contribution in [0.4, 0.5) is 11.4 Å². The second kappa shape index (κ2) is 10.5. The number of benzene rings is 2. The van der Waals surface area contributed by atoms with E-state index in [0.717, 1.165) is 44.0 Å². The first-order valence-electron chi connectivity index (χ1n) is 10.1. The summed E-state index contributed by atoms with van der Waals surface area (Å²) >= 11 is 0. The number of methoxy groups -OCH3 is 1. The standard InChI is InChI=1S/C23H26N4O4/c1-31-19-6-3-17(4-7-19)15-22(28)25-21-8-5-18(16-20(21)23(29)30)27-13-11-26(12-14-27)10-2-9-24/h3-8,16H,2,10-15H2,1H3,(H,25,28)(H,29,30). The molecule has 2 aromatic carbocycles. The minimum Gasteiger partial charge on any atom is -0.497 e. The number of carbonyl (C=O) groups is 2. The van der Waals surface area contributed by atoms with E-state index in [1.165, 1.54) is 0 Å². The van der Waals surface area contributed by atoms with Gasteiger partial charge in [-0.2, -0.15) is 5.26 Å². The van der Waals surface area contributed by atoms with Gasteiger partial charge in [0, 0.05) is 44.8 Å². The van der Waals surface area contributed by atoms with Gasteiger partial charge in [-0.1, -0.05) is 12.1 Å². The number of nitrogens with zero attached hydrogens (tertiary/aromatic N) is 3. The van der Waals surface area contributed by atoms with Gasteiger partial charge in [0.05, 0.1) is 30.9 Å². The average Bonchev–Trinajstić information content (AvgIpc) is 2.78. The maximum atomic E-state index is 12.4. The molecule has 2 N–H and O–H groups in total. The van der Waals surface area contributed by atoms with Crippen LogP contribution in [-0.2, 0) is 11.2 Å². The summed E-state index contributed by atoms with van der Waals surface area (Å²) in [5.74, 6) is -0.667. The van der Waals surface area contributed by atoms with Crippen LogP contribution in [0.25, 0.3) is 0 Å². The molecule has 1 heterocycles. The number of nitriles is 1. The minimum absolute atomic E-state index is 0.0625. The number of amides is 1. The third kappa shape index (κ3) is 5.96. The number of nitrogens with one attached hydrogen (secondary N) is 1. The monoisotopic (exact) mass is 422 g/mol. The van der Waals surface area contributed by atoms with E-state index < -0.39 is 5.97 Å². The van der Waals surface area contributed by atoms with E-state index in [1.54, 1.807) is 43.5 Å². The summed E-state index contributed by atoms with van der Waals surface area (Å²) in [4.78, 5) is 28.6. The maximum absolute atomic E-state index is 12.4. The number of hydrogen-bond acceptors (Lipinski definition) is 6. The highest BCUT2D eigenvalue weighted by molar-refractivity contribution is 6.01. The summed E-state index contributed by atoms with van der Waals surface area (Å²) in [6.07, 6.45) is 0.642. The molecule has 1 aliphatic rings. The van der Waals surface area contributed by atoms with Crippen LogP contribution in [0.15, 0.2) is 42.5 Å². The fourth-order valence-corrected chi connectivity index (χ4v) is 3.58. The fourth-order valence-electron chi connectivity index (χ4n) is 3.58. The lowest BCUT2D eigenvalue weighted by Gasteiger charge is -2.36. The molecule has 1 saturated heterocycles. The van der Waals surface area contributed by atoms with Gasteiger partial charge in [-0.15, -0.1) is 0 Å². The molecule has 0 spiro atoms. The van der Waals surface area contributed by atoms with Gasteiger partial charge >= 0.3 is 5.97 Å². The van der Waals surface area contributed by atoms with Crippen molar-refractivity contribution in [2.24, 2.45) is 0 Å². The molecule has 0 bridgehead atoms. The number of carboxylic acids is 1. The van der Waals surface area contributed by atoms with E-state index in [1.807, 2.05) is 6.07 Å². The van der Waals surface area contributed by atoms with Crippen molar-refractivity contribution >= 4 is 23.3 Å². The zero-order valence-corrected chi connectivity index (χ0v) is 17.5. The van der Waals surface area contributed by atoms with Crippen molar-refractivity contribution in [2.75, 3.05) is 50.1 Å². The molecule has 8 heteroatoms. The van der Waals surface area contributed by atoms with Crippen molar-refractivity contribution in [3.05, 3.63) is 53.6 Å². The van der Waals surface area contributed by atoms with Crippen molar-refractivity contribution < 1.29 is 19.4 Å². The lowest BCUT2D eigenvalue weighted by Crippen LogP contribution is -2.46. The highest BCUT2D eigenvalue weighted by Gasteiger charge is 2.20. The maximum Gasteiger partial charge on any atom is 0.337 e. The minimum atomic E-state index is -1.09. The van der Waals surface area contributed by atoms with Gasteiger partial charge in [0.2, 0.25) is 5.91 Å². The summed E-state index contributed by atoms with van der Waals surface area (Å²) < 4.78 is 5.11. The quantitative estimate of drug-likeness (QED) is 0.674. The van der Waals surface area contributed by atoms with E-state index >= 15 is 0 Å². The van der Waals surface area contributed by atoms with Crippen LogP contribution in [-0.4, -0.2) is 61.7 Å². The zero-order chi connectivity index (χ0) is 22.2. The molecule has 0 aliphatic carbocycles. The summed E-state index contributed by atoms with van der Waals surface area (Å²) in [7, 11) is 1.58. The molecule has 0 saturated carbocycles. The van der Waals surface area contributed by atoms with Crippen LogP contribution in [0, 0.1) is 11.3 Å². The van der Waals surface area contributed by atoms with Gasteiger partial charge in [0.25, 0.3) is 0 Å². The number of ether oxygens (including phenoxy) is 1. The molecule has 1 fully saturated rings. The van der Waals surface area contributed by atoms with Crippen LogP contribution >= 0.6 is 0 Å². The number of carboxylic acid groups (broad SMARTS) is 1. The van der Waals surface area contributed by atoms with E-state index in [0.29, 0.717) is 12.2 Å². The summed E-state index contributed by atoms with van der Waals surface area (Å²) in [5, 5.41) is 21.1. The number of anilines is 2. The largest absolute Gasteiger partial charge is 0.497 e. The van der Waals surface area contributed by atoms with Crippen molar-refractivity contribution in [1.29, 1.82) is 5.26 Å². The molecule has 8 nitrogen and oxygen atoms in total. The Bertz CT molecular complexity index is 961. The molecule has 0 aromatic heterocycles. The molecular weight excluding hydrogens is 396 g/mol. The van der Waals surface area contributed by atoms with Gasteiger partial charge < -0.3 is 20.1 Å². The average molecular weight is 422 g/mol. The third-order valence-corrected chi connectivity index (χ3v) is 5.31. The normalized spacial score (nSPS) is 14.0. The molecule has 0 atom stereocenters. The summed E-state index contributed by atoms with van der Waals surface area (Å²) in [6, 6.07) is 14.4. The third-order valence-electron chi connectivity index (χ3n) is 5.31. The van der Waals surface area contributed by atoms with Gasteiger partial charge in [0.1, 0.15) is 5.75 Å². The Morgan fingerprint density at radius 1 is 1.13 bits per heavy atom. The second-order valence-electron chi connectivity index (χ2n) is 7.34. The van der Waals surface area contributed by atoms with Crippen LogP contribution < -0.4 is 15.0 Å². The van der Waals surface area contributed by atoms with Crippen LogP contribution in [0.2, 0.25) is 0 Å². The second-order valence-corrected chi connectivity index (χ2v) is 7.34. The zero-order valence-electron chi connectivity index (χ0n) is 17.5. The van der Waals surface area contributed by atoms with Gasteiger partial charge in [-0.25, -0.2) is 4.79 Å². The van der Waals surface area contributed by atoms with Crippen molar-refractivity contribution in [3.63, 3.8) is 0 Å². The smallest absolute Gasteiger partial charge is 0.337 e. The predicted octanol–water partition coefficient (Wildman–Crippen LogP) is 2.61. The number of rotatable bonds is 8. The number of hydrogen-bond donors (Lipinski definition) is 2. The number of carbonyl (C=O) groups excluding carboxylic acids is 1.